The fourth-order valence-electron chi connectivity index (χ4n) is 4.98. The van der Waals surface area contributed by atoms with Crippen LogP contribution in [-0.4, -0.2) is 36.2 Å². The molecule has 0 spiro atoms. The normalized spacial score (nSPS) is 19.8. The van der Waals surface area contributed by atoms with Crippen molar-refractivity contribution in [3.8, 4) is 5.75 Å². The third-order valence-electron chi connectivity index (χ3n) is 6.60. The standard InChI is InChI=1S/C26H32FN3O2/c1-30(2)26(21-10-12-22(27)13-11-21)20-8-4-19(5-9-20)17-25-28-24(29-32-25)16-18-6-14-23(31-3)15-7-18/h6-7,10-15,19-20,26H,4-5,8-9,16-17H2,1-3H3. The van der Waals surface area contributed by atoms with Gasteiger partial charge in [-0.05, 0) is 87.0 Å². The summed E-state index contributed by atoms with van der Waals surface area (Å²) in [6.45, 7) is 0. The summed E-state index contributed by atoms with van der Waals surface area (Å²) in [4.78, 5) is 6.89. The molecule has 6 heteroatoms. The van der Waals surface area contributed by atoms with E-state index in [1.165, 1.54) is 5.56 Å². The molecule has 0 aliphatic heterocycles. The van der Waals surface area contributed by atoms with Crippen LogP contribution in [-0.2, 0) is 12.8 Å². The highest BCUT2D eigenvalue weighted by atomic mass is 19.1. The summed E-state index contributed by atoms with van der Waals surface area (Å²) in [5.41, 5.74) is 2.33. The summed E-state index contributed by atoms with van der Waals surface area (Å²) < 4.78 is 24.1. The summed E-state index contributed by atoms with van der Waals surface area (Å²) in [5.74, 6) is 3.26. The minimum atomic E-state index is -0.180. The monoisotopic (exact) mass is 437 g/mol. The lowest BCUT2D eigenvalue weighted by Crippen LogP contribution is -2.30. The van der Waals surface area contributed by atoms with E-state index in [9.17, 15) is 4.39 Å². The Bertz CT molecular complexity index is 977. The highest BCUT2D eigenvalue weighted by Gasteiger charge is 2.30. The minimum absolute atomic E-state index is 0.180. The molecular formula is C26H32FN3O2. The lowest BCUT2D eigenvalue weighted by Gasteiger charge is -2.37. The van der Waals surface area contributed by atoms with E-state index >= 15 is 0 Å². The maximum Gasteiger partial charge on any atom is 0.226 e. The first-order valence-electron chi connectivity index (χ1n) is 11.4. The Labute approximate surface area is 189 Å². The zero-order valence-electron chi connectivity index (χ0n) is 19.1. The van der Waals surface area contributed by atoms with Crippen LogP contribution in [0.15, 0.2) is 53.1 Å². The molecule has 1 atom stereocenters. The Hall–Kier alpha value is -2.73. The molecule has 32 heavy (non-hydrogen) atoms. The Morgan fingerprint density at radius 3 is 2.34 bits per heavy atom. The predicted octanol–water partition coefficient (Wildman–Crippen LogP) is 5.46. The maximum atomic E-state index is 13.4. The fourth-order valence-corrected chi connectivity index (χ4v) is 4.98. The van der Waals surface area contributed by atoms with Crippen molar-refractivity contribution in [2.45, 2.75) is 44.6 Å². The van der Waals surface area contributed by atoms with Gasteiger partial charge in [-0.15, -0.1) is 0 Å². The third-order valence-corrected chi connectivity index (χ3v) is 6.60. The Morgan fingerprint density at radius 1 is 1.03 bits per heavy atom. The number of nitrogens with zero attached hydrogens (tertiary/aromatic N) is 3. The number of aromatic nitrogens is 2. The molecule has 3 aromatic rings. The molecule has 4 rings (SSSR count). The molecule has 1 heterocycles. The molecule has 0 radical (unpaired) electrons. The molecule has 1 unspecified atom stereocenters. The van der Waals surface area contributed by atoms with Crippen LogP contribution in [0.4, 0.5) is 4.39 Å². The second kappa shape index (κ2) is 10.3. The average molecular weight is 438 g/mol. The highest BCUT2D eigenvalue weighted by molar-refractivity contribution is 5.28. The van der Waals surface area contributed by atoms with E-state index in [-0.39, 0.29) is 5.82 Å². The molecule has 0 N–H and O–H groups in total. The van der Waals surface area contributed by atoms with Crippen LogP contribution in [0.25, 0.3) is 0 Å². The van der Waals surface area contributed by atoms with E-state index in [4.69, 9.17) is 9.26 Å². The molecule has 170 valence electrons. The molecule has 1 aliphatic carbocycles. The van der Waals surface area contributed by atoms with Crippen molar-refractivity contribution < 1.29 is 13.7 Å². The number of ether oxygens (including phenoxy) is 1. The average Bonchev–Trinajstić information content (AvgIpc) is 3.23. The molecule has 1 saturated carbocycles. The van der Waals surface area contributed by atoms with Crippen LogP contribution < -0.4 is 4.74 Å². The summed E-state index contributed by atoms with van der Waals surface area (Å²) in [7, 11) is 5.89. The zero-order valence-corrected chi connectivity index (χ0v) is 19.1. The largest absolute Gasteiger partial charge is 0.497 e. The summed E-state index contributed by atoms with van der Waals surface area (Å²) >= 11 is 0. The van der Waals surface area contributed by atoms with Gasteiger partial charge < -0.3 is 14.2 Å². The fraction of sp³-hybridized carbons (Fsp3) is 0.462. The van der Waals surface area contributed by atoms with Crippen molar-refractivity contribution >= 4 is 0 Å². The molecule has 1 aliphatic rings. The summed E-state index contributed by atoms with van der Waals surface area (Å²) in [5, 5.41) is 4.18. The molecule has 5 nitrogen and oxygen atoms in total. The number of rotatable bonds is 8. The first-order chi connectivity index (χ1) is 15.5. The lowest BCUT2D eigenvalue weighted by molar-refractivity contribution is 0.146. The SMILES string of the molecule is COc1ccc(Cc2noc(CC3CCC(C(c4ccc(F)cc4)N(C)C)CC3)n2)cc1. The van der Waals surface area contributed by atoms with Crippen molar-refractivity contribution in [1.29, 1.82) is 0 Å². The molecule has 1 fully saturated rings. The van der Waals surface area contributed by atoms with E-state index in [0.29, 0.717) is 24.3 Å². The van der Waals surface area contributed by atoms with Crippen molar-refractivity contribution in [2.75, 3.05) is 21.2 Å². The predicted molar refractivity (Wildman–Crippen MR) is 122 cm³/mol. The number of methoxy groups -OCH3 is 1. The van der Waals surface area contributed by atoms with Crippen LogP contribution in [0, 0.1) is 17.7 Å². The Kier molecular flexibility index (Phi) is 7.20. The van der Waals surface area contributed by atoms with Gasteiger partial charge in [-0.3, -0.25) is 0 Å². The zero-order chi connectivity index (χ0) is 22.5. The molecule has 0 amide bonds. The van der Waals surface area contributed by atoms with Gasteiger partial charge in [-0.2, -0.15) is 4.98 Å². The summed E-state index contributed by atoms with van der Waals surface area (Å²) in [6.07, 6.45) is 6.09. The highest BCUT2D eigenvalue weighted by Crippen LogP contribution is 2.40. The van der Waals surface area contributed by atoms with E-state index < -0.39 is 0 Å². The van der Waals surface area contributed by atoms with Gasteiger partial charge in [0, 0.05) is 18.9 Å². The van der Waals surface area contributed by atoms with Gasteiger partial charge in [-0.1, -0.05) is 29.4 Å². The van der Waals surface area contributed by atoms with Gasteiger partial charge in [0.25, 0.3) is 0 Å². The van der Waals surface area contributed by atoms with E-state index in [2.05, 4.69) is 29.1 Å². The van der Waals surface area contributed by atoms with E-state index in [1.807, 2.05) is 36.4 Å². The number of hydrogen-bond acceptors (Lipinski definition) is 5. The molecule has 0 bridgehead atoms. The smallest absolute Gasteiger partial charge is 0.226 e. The topological polar surface area (TPSA) is 51.4 Å². The molecule has 2 aromatic carbocycles. The van der Waals surface area contributed by atoms with Crippen molar-refractivity contribution in [1.82, 2.24) is 15.0 Å². The second-order valence-corrected chi connectivity index (χ2v) is 9.07. The van der Waals surface area contributed by atoms with Gasteiger partial charge in [0.1, 0.15) is 11.6 Å². The van der Waals surface area contributed by atoms with Gasteiger partial charge in [0.2, 0.25) is 5.89 Å². The van der Waals surface area contributed by atoms with Crippen molar-refractivity contribution in [3.63, 3.8) is 0 Å². The number of hydrogen-bond donors (Lipinski definition) is 0. The number of halogens is 1. The summed E-state index contributed by atoms with van der Waals surface area (Å²) in [6, 6.07) is 15.2. The minimum Gasteiger partial charge on any atom is -0.497 e. The van der Waals surface area contributed by atoms with E-state index in [1.54, 1.807) is 19.2 Å². The third kappa shape index (κ3) is 5.54. The lowest BCUT2D eigenvalue weighted by atomic mass is 9.75. The van der Waals surface area contributed by atoms with Crippen LogP contribution in [0.1, 0.15) is 54.6 Å². The van der Waals surface area contributed by atoms with Crippen LogP contribution in [0.3, 0.4) is 0 Å². The van der Waals surface area contributed by atoms with Gasteiger partial charge >= 0.3 is 0 Å². The van der Waals surface area contributed by atoms with Gasteiger partial charge in [0.15, 0.2) is 5.82 Å². The van der Waals surface area contributed by atoms with Crippen LogP contribution >= 0.6 is 0 Å². The van der Waals surface area contributed by atoms with Gasteiger partial charge in [0.05, 0.1) is 7.11 Å². The van der Waals surface area contributed by atoms with Crippen LogP contribution in [0.5, 0.6) is 5.75 Å². The van der Waals surface area contributed by atoms with Gasteiger partial charge in [-0.25, -0.2) is 4.39 Å². The first kappa shape index (κ1) is 22.5. The van der Waals surface area contributed by atoms with Crippen molar-refractivity contribution in [2.24, 2.45) is 11.8 Å². The van der Waals surface area contributed by atoms with Crippen molar-refractivity contribution in [3.05, 3.63) is 77.2 Å². The molecule has 0 saturated heterocycles. The number of benzene rings is 2. The van der Waals surface area contributed by atoms with E-state index in [0.717, 1.165) is 55.1 Å². The quantitative estimate of drug-likeness (QED) is 0.468. The maximum absolute atomic E-state index is 13.4. The second-order valence-electron chi connectivity index (χ2n) is 9.07. The molecule has 1 aromatic heterocycles. The first-order valence-corrected chi connectivity index (χ1v) is 11.4. The van der Waals surface area contributed by atoms with Crippen LogP contribution in [0.2, 0.25) is 0 Å². The Morgan fingerprint density at radius 2 is 1.72 bits per heavy atom. The Balaban J connectivity index is 1.31. The molecular weight excluding hydrogens is 405 g/mol.